The number of carboxylic acid groups (broad SMARTS) is 1. The van der Waals surface area contributed by atoms with Crippen molar-refractivity contribution in [3.05, 3.63) is 23.8 Å². The van der Waals surface area contributed by atoms with Crippen molar-refractivity contribution >= 4 is 29.4 Å². The summed E-state index contributed by atoms with van der Waals surface area (Å²) in [5, 5.41) is 11.9. The van der Waals surface area contributed by atoms with Crippen LogP contribution in [0.15, 0.2) is 18.2 Å². The van der Waals surface area contributed by atoms with Crippen LogP contribution in [0, 0.1) is 0 Å². The lowest BCUT2D eigenvalue weighted by atomic mass is 10.1. The topological polar surface area (TPSA) is 78.9 Å². The minimum atomic E-state index is -1.09. The van der Waals surface area contributed by atoms with E-state index in [1.165, 1.54) is 19.2 Å². The molecule has 2 rings (SSSR count). The molecule has 0 saturated carbocycles. The van der Waals surface area contributed by atoms with E-state index in [2.05, 4.69) is 5.32 Å². The van der Waals surface area contributed by atoms with Crippen LogP contribution < -0.4 is 10.1 Å². The van der Waals surface area contributed by atoms with Gasteiger partial charge < -0.3 is 20.1 Å². The van der Waals surface area contributed by atoms with Gasteiger partial charge in [0.15, 0.2) is 0 Å². The normalized spacial score (nSPS) is 18.2. The largest absolute Gasteiger partial charge is 0.497 e. The number of hydrogen-bond acceptors (Lipinski definition) is 4. The average Bonchev–Trinajstić information content (AvgIpc) is 2.47. The highest BCUT2D eigenvalue weighted by atomic mass is 32.2. The molecule has 1 unspecified atom stereocenters. The summed E-state index contributed by atoms with van der Waals surface area (Å²) < 4.78 is 5.08. The SMILES string of the molecule is COc1ccc(C(=O)O)c(NC(=O)N2CCSCC2C)c1. The number of anilines is 1. The minimum Gasteiger partial charge on any atom is -0.497 e. The number of nitrogens with zero attached hydrogens (tertiary/aromatic N) is 1. The number of nitrogens with one attached hydrogen (secondary N) is 1. The standard InChI is InChI=1S/C14H18N2O4S/c1-9-8-21-6-5-16(9)14(19)15-12-7-10(20-2)3-4-11(12)13(17)18/h3-4,7,9H,5-6,8H2,1-2H3,(H,15,19)(H,17,18). The van der Waals surface area contributed by atoms with Gasteiger partial charge in [-0.1, -0.05) is 0 Å². The molecule has 6 nitrogen and oxygen atoms in total. The van der Waals surface area contributed by atoms with E-state index in [1.54, 1.807) is 11.0 Å². The number of ether oxygens (including phenoxy) is 1. The maximum absolute atomic E-state index is 12.3. The zero-order valence-corrected chi connectivity index (χ0v) is 12.8. The van der Waals surface area contributed by atoms with Gasteiger partial charge in [-0.2, -0.15) is 11.8 Å². The lowest BCUT2D eigenvalue weighted by Crippen LogP contribution is -2.46. The van der Waals surface area contributed by atoms with E-state index in [0.29, 0.717) is 12.3 Å². The van der Waals surface area contributed by atoms with E-state index in [1.807, 2.05) is 18.7 Å². The molecule has 0 bridgehead atoms. The summed E-state index contributed by atoms with van der Waals surface area (Å²) in [4.78, 5) is 25.3. The average molecular weight is 310 g/mol. The van der Waals surface area contributed by atoms with E-state index >= 15 is 0 Å². The fourth-order valence-corrected chi connectivity index (χ4v) is 3.17. The number of thioether (sulfide) groups is 1. The van der Waals surface area contributed by atoms with Gasteiger partial charge in [0, 0.05) is 30.2 Å². The Labute approximate surface area is 127 Å². The van der Waals surface area contributed by atoms with Crippen molar-refractivity contribution in [3.8, 4) is 5.75 Å². The van der Waals surface area contributed by atoms with Gasteiger partial charge in [-0.15, -0.1) is 0 Å². The van der Waals surface area contributed by atoms with E-state index in [4.69, 9.17) is 4.74 Å². The number of rotatable bonds is 3. The number of carboxylic acids is 1. The molecule has 1 aromatic carbocycles. The van der Waals surface area contributed by atoms with Crippen LogP contribution in [0.1, 0.15) is 17.3 Å². The van der Waals surface area contributed by atoms with Crippen molar-refractivity contribution < 1.29 is 19.4 Å². The molecule has 1 saturated heterocycles. The predicted octanol–water partition coefficient (Wildman–Crippen LogP) is 2.36. The molecule has 1 atom stereocenters. The van der Waals surface area contributed by atoms with Gasteiger partial charge in [0.05, 0.1) is 18.4 Å². The Morgan fingerprint density at radius 2 is 2.24 bits per heavy atom. The van der Waals surface area contributed by atoms with Crippen LogP contribution >= 0.6 is 11.8 Å². The second-order valence-electron chi connectivity index (χ2n) is 4.76. The van der Waals surface area contributed by atoms with Crippen molar-refractivity contribution in [2.24, 2.45) is 0 Å². The monoisotopic (exact) mass is 310 g/mol. The number of carbonyl (C=O) groups excluding carboxylic acids is 1. The summed E-state index contributed by atoms with van der Waals surface area (Å²) in [6.45, 7) is 2.64. The van der Waals surface area contributed by atoms with Gasteiger partial charge in [0.25, 0.3) is 0 Å². The molecular weight excluding hydrogens is 292 g/mol. The van der Waals surface area contributed by atoms with Crippen molar-refractivity contribution in [3.63, 3.8) is 0 Å². The van der Waals surface area contributed by atoms with Crippen LogP contribution in [0.5, 0.6) is 5.75 Å². The van der Waals surface area contributed by atoms with Crippen LogP contribution in [0.2, 0.25) is 0 Å². The third-order valence-electron chi connectivity index (χ3n) is 3.33. The van der Waals surface area contributed by atoms with Gasteiger partial charge in [-0.3, -0.25) is 0 Å². The Balaban J connectivity index is 2.20. The summed E-state index contributed by atoms with van der Waals surface area (Å²) in [5.41, 5.74) is 0.292. The smallest absolute Gasteiger partial charge is 0.337 e. The van der Waals surface area contributed by atoms with Gasteiger partial charge in [0.1, 0.15) is 5.75 Å². The minimum absolute atomic E-state index is 0.0446. The van der Waals surface area contributed by atoms with Crippen molar-refractivity contribution in [2.45, 2.75) is 13.0 Å². The molecule has 1 aromatic rings. The zero-order valence-electron chi connectivity index (χ0n) is 12.0. The van der Waals surface area contributed by atoms with Gasteiger partial charge >= 0.3 is 12.0 Å². The Bertz CT molecular complexity index is 550. The summed E-state index contributed by atoms with van der Waals surface area (Å²) in [6.07, 6.45) is 0. The number of carbonyl (C=O) groups is 2. The lowest BCUT2D eigenvalue weighted by molar-refractivity contribution is 0.0698. The van der Waals surface area contributed by atoms with E-state index in [9.17, 15) is 14.7 Å². The first-order valence-corrected chi connectivity index (χ1v) is 7.75. The van der Waals surface area contributed by atoms with Crippen LogP contribution in [0.4, 0.5) is 10.5 Å². The molecule has 7 heteroatoms. The van der Waals surface area contributed by atoms with Crippen LogP contribution in [-0.2, 0) is 0 Å². The number of hydrogen-bond donors (Lipinski definition) is 2. The first kappa shape index (κ1) is 15.5. The summed E-state index contributed by atoms with van der Waals surface area (Å²) in [7, 11) is 1.49. The molecule has 2 amide bonds. The predicted molar refractivity (Wildman–Crippen MR) is 82.5 cm³/mol. The molecule has 1 aliphatic rings. The second kappa shape index (κ2) is 6.71. The Kier molecular flexibility index (Phi) is 4.95. The van der Waals surface area contributed by atoms with Crippen LogP contribution in [0.3, 0.4) is 0 Å². The number of methoxy groups -OCH3 is 1. The van der Waals surface area contributed by atoms with Crippen molar-refractivity contribution in [1.82, 2.24) is 4.90 Å². The highest BCUT2D eigenvalue weighted by Gasteiger charge is 2.24. The maximum Gasteiger partial charge on any atom is 0.337 e. The fraction of sp³-hybridized carbons (Fsp3) is 0.429. The van der Waals surface area contributed by atoms with E-state index in [-0.39, 0.29) is 23.3 Å². The maximum atomic E-state index is 12.3. The summed E-state index contributed by atoms with van der Waals surface area (Å²) in [6, 6.07) is 4.34. The fourth-order valence-electron chi connectivity index (χ4n) is 2.16. The highest BCUT2D eigenvalue weighted by molar-refractivity contribution is 7.99. The molecule has 1 heterocycles. The van der Waals surface area contributed by atoms with Gasteiger partial charge in [-0.05, 0) is 19.1 Å². The van der Waals surface area contributed by atoms with Gasteiger partial charge in [-0.25, -0.2) is 9.59 Å². The molecule has 21 heavy (non-hydrogen) atoms. The molecule has 0 aliphatic carbocycles. The van der Waals surface area contributed by atoms with Crippen LogP contribution in [-0.4, -0.2) is 53.2 Å². The summed E-state index contributed by atoms with van der Waals surface area (Å²) in [5.74, 6) is 1.19. The highest BCUT2D eigenvalue weighted by Crippen LogP contribution is 2.24. The second-order valence-corrected chi connectivity index (χ2v) is 5.91. The molecule has 0 spiro atoms. The molecule has 1 aliphatic heterocycles. The van der Waals surface area contributed by atoms with Crippen molar-refractivity contribution in [2.75, 3.05) is 30.5 Å². The summed E-state index contributed by atoms with van der Waals surface area (Å²) >= 11 is 1.81. The number of benzene rings is 1. The van der Waals surface area contributed by atoms with E-state index < -0.39 is 5.97 Å². The number of urea groups is 1. The Hall–Kier alpha value is -1.89. The molecule has 114 valence electrons. The Morgan fingerprint density at radius 1 is 1.48 bits per heavy atom. The number of aromatic carboxylic acids is 1. The van der Waals surface area contributed by atoms with E-state index in [0.717, 1.165) is 11.5 Å². The molecule has 2 N–H and O–H groups in total. The molecule has 0 radical (unpaired) electrons. The Morgan fingerprint density at radius 3 is 2.86 bits per heavy atom. The van der Waals surface area contributed by atoms with Crippen molar-refractivity contribution in [1.29, 1.82) is 0 Å². The third kappa shape index (κ3) is 3.60. The number of amides is 2. The zero-order chi connectivity index (χ0) is 15.4. The molecular formula is C14H18N2O4S. The third-order valence-corrected chi connectivity index (χ3v) is 4.52. The molecule has 1 fully saturated rings. The van der Waals surface area contributed by atoms with Crippen LogP contribution in [0.25, 0.3) is 0 Å². The first-order chi connectivity index (χ1) is 10.0. The van der Waals surface area contributed by atoms with Gasteiger partial charge in [0.2, 0.25) is 0 Å². The quantitative estimate of drug-likeness (QED) is 0.896. The lowest BCUT2D eigenvalue weighted by Gasteiger charge is -2.33. The molecule has 0 aromatic heterocycles. The first-order valence-electron chi connectivity index (χ1n) is 6.59.